The maximum absolute atomic E-state index is 14.7. The van der Waals surface area contributed by atoms with E-state index in [1.165, 1.54) is 5.56 Å². The van der Waals surface area contributed by atoms with Crippen LogP contribution in [0, 0.1) is 0 Å². The minimum absolute atomic E-state index is 0.0520. The molecular weight excluding hydrogens is 691 g/mol. The molecule has 4 fully saturated rings. The molecule has 0 saturated carbocycles. The van der Waals surface area contributed by atoms with Crippen LogP contribution >= 0.6 is 0 Å². The number of nitrogens with zero attached hydrogens (tertiary/aromatic N) is 6. The second-order valence-electron chi connectivity index (χ2n) is 16.5. The van der Waals surface area contributed by atoms with E-state index >= 15 is 0 Å². The number of halogens is 1. The van der Waals surface area contributed by atoms with Gasteiger partial charge in [0.05, 0.1) is 34.9 Å². The predicted octanol–water partition coefficient (Wildman–Crippen LogP) is 6.69. The number of methoxy groups -OCH3 is 1. The second kappa shape index (κ2) is 13.4. The van der Waals surface area contributed by atoms with Gasteiger partial charge in [-0.25, -0.2) is 14.2 Å². The fourth-order valence-electron chi connectivity index (χ4n) is 9.68. The van der Waals surface area contributed by atoms with Gasteiger partial charge >= 0.3 is 12.1 Å². The Labute approximate surface area is 314 Å². The van der Waals surface area contributed by atoms with E-state index in [0.717, 1.165) is 55.0 Å². The minimum atomic E-state index is -0.867. The third-order valence-electron chi connectivity index (χ3n) is 11.9. The molecule has 1 amide bonds. The van der Waals surface area contributed by atoms with E-state index in [9.17, 15) is 9.18 Å². The van der Waals surface area contributed by atoms with Gasteiger partial charge in [0.15, 0.2) is 6.79 Å². The Morgan fingerprint density at radius 3 is 2.74 bits per heavy atom. The first-order chi connectivity index (χ1) is 26.0. The summed E-state index contributed by atoms with van der Waals surface area (Å²) in [7, 11) is 1.60. The lowest BCUT2D eigenvalue weighted by Crippen LogP contribution is -2.63. The van der Waals surface area contributed by atoms with Crippen molar-refractivity contribution in [2.75, 3.05) is 51.7 Å². The summed E-state index contributed by atoms with van der Waals surface area (Å²) in [5, 5.41) is 2.81. The fourth-order valence-corrected chi connectivity index (χ4v) is 9.68. The van der Waals surface area contributed by atoms with Crippen LogP contribution in [0.5, 0.6) is 17.6 Å². The summed E-state index contributed by atoms with van der Waals surface area (Å²) in [5.41, 5.74) is 2.41. The van der Waals surface area contributed by atoms with Crippen LogP contribution in [-0.2, 0) is 15.9 Å². The van der Waals surface area contributed by atoms with Crippen molar-refractivity contribution in [3.8, 4) is 28.9 Å². The molecule has 0 N–H and O–H groups in total. The Morgan fingerprint density at radius 2 is 1.93 bits per heavy atom. The summed E-state index contributed by atoms with van der Waals surface area (Å²) < 4.78 is 45.1. The van der Waals surface area contributed by atoms with Crippen LogP contribution in [0.3, 0.4) is 0 Å². The van der Waals surface area contributed by atoms with Crippen molar-refractivity contribution >= 4 is 33.6 Å². The van der Waals surface area contributed by atoms with Crippen molar-refractivity contribution in [2.45, 2.75) is 102 Å². The molecule has 54 heavy (non-hydrogen) atoms. The maximum Gasteiger partial charge on any atom is 0.410 e. The van der Waals surface area contributed by atoms with Crippen LogP contribution in [0.2, 0.25) is 0 Å². The zero-order valence-electron chi connectivity index (χ0n) is 31.8. The maximum atomic E-state index is 14.7. The largest absolute Gasteiger partial charge is 0.475 e. The molecular formula is C41H49FN6O6. The number of hydrogen-bond donors (Lipinski definition) is 0. The molecule has 2 aromatic heterocycles. The Kier molecular flexibility index (Phi) is 8.72. The van der Waals surface area contributed by atoms with Gasteiger partial charge in [-0.2, -0.15) is 9.97 Å². The monoisotopic (exact) mass is 740 g/mol. The minimum Gasteiger partial charge on any atom is -0.475 e. The molecule has 5 aliphatic rings. The number of pyridine rings is 1. The molecule has 5 aliphatic heterocycles. The summed E-state index contributed by atoms with van der Waals surface area (Å²) in [6, 6.07) is 12.1. The first kappa shape index (κ1) is 35.2. The van der Waals surface area contributed by atoms with Crippen LogP contribution in [0.25, 0.3) is 32.9 Å². The molecule has 4 aromatic rings. The smallest absolute Gasteiger partial charge is 0.410 e. The number of aryl methyl sites for hydroxylation is 1. The number of anilines is 1. The van der Waals surface area contributed by atoms with Gasteiger partial charge in [0, 0.05) is 32.2 Å². The number of hydrogen-bond acceptors (Lipinski definition) is 11. The SMILES string of the molecule is CCc1cccc2cc(OCOC)cc(-c3cc4nc(OC[C@]56CCCN5C[C@H](F)C6)nc5c4c(n3)OC[C@H]3[C@H]4CC[C@@H](CN53)N4C(=O)OC(C)(C)C)c12. The molecule has 0 aliphatic carbocycles. The first-order valence-corrected chi connectivity index (χ1v) is 19.4. The molecule has 7 heterocycles. The molecule has 0 unspecified atom stereocenters. The van der Waals surface area contributed by atoms with E-state index in [1.807, 2.05) is 43.9 Å². The number of piperazine rings is 1. The number of carbonyl (C=O) groups excluding carboxylic acids is 1. The van der Waals surface area contributed by atoms with Gasteiger partial charge < -0.3 is 28.6 Å². The molecule has 13 heteroatoms. The molecule has 0 spiro atoms. The lowest BCUT2D eigenvalue weighted by atomic mass is 9.95. The number of rotatable bonds is 8. The number of carbonyl (C=O) groups is 1. The summed E-state index contributed by atoms with van der Waals surface area (Å²) in [6.45, 7) is 10.4. The van der Waals surface area contributed by atoms with Gasteiger partial charge in [0.1, 0.15) is 41.9 Å². The molecule has 2 bridgehead atoms. The molecule has 2 aromatic carbocycles. The van der Waals surface area contributed by atoms with Crippen molar-refractivity contribution in [1.82, 2.24) is 24.8 Å². The van der Waals surface area contributed by atoms with Crippen LogP contribution in [0.15, 0.2) is 36.4 Å². The summed E-state index contributed by atoms with van der Waals surface area (Å²) in [5.74, 6) is 1.77. The standard InChI is InChI=1S/C41H49FN6O6/c1-6-24-9-7-10-25-15-28(53-23-50-5)16-29(34(24)25)30-17-31-35-36(45-38(44-31)52-22-41-13-8-14-46(41)19-26(42)18-41)47-20-27-11-12-32(33(47)21-51-37(35)43-30)48(27)39(49)54-40(2,3)4/h7,9-10,15-17,26-27,32-33H,6,8,11-14,18-23H2,1-5H3/t26-,27+,32-,33+,41-/m1/s1. The van der Waals surface area contributed by atoms with Gasteiger partial charge in [0.25, 0.3) is 0 Å². The van der Waals surface area contributed by atoms with Crippen LogP contribution < -0.4 is 19.1 Å². The van der Waals surface area contributed by atoms with Crippen molar-refractivity contribution in [2.24, 2.45) is 0 Å². The molecule has 0 radical (unpaired) electrons. The van der Waals surface area contributed by atoms with E-state index in [0.29, 0.717) is 66.8 Å². The third-order valence-corrected chi connectivity index (χ3v) is 11.9. The van der Waals surface area contributed by atoms with Crippen LogP contribution in [0.4, 0.5) is 15.0 Å². The highest BCUT2D eigenvalue weighted by atomic mass is 19.1. The first-order valence-electron chi connectivity index (χ1n) is 19.4. The van der Waals surface area contributed by atoms with E-state index in [1.54, 1.807) is 7.11 Å². The van der Waals surface area contributed by atoms with Gasteiger partial charge in [-0.3, -0.25) is 9.80 Å². The fraction of sp³-hybridized carbons (Fsp3) is 0.561. The van der Waals surface area contributed by atoms with Crippen molar-refractivity contribution < 1.29 is 32.9 Å². The number of fused-ring (bicyclic) bond motifs is 7. The molecule has 12 nitrogen and oxygen atoms in total. The number of benzene rings is 2. The highest BCUT2D eigenvalue weighted by molar-refractivity contribution is 6.03. The average molecular weight is 741 g/mol. The van der Waals surface area contributed by atoms with Gasteiger partial charge in [-0.1, -0.05) is 25.1 Å². The number of ether oxygens (including phenoxy) is 5. The van der Waals surface area contributed by atoms with E-state index in [-0.39, 0.29) is 42.6 Å². The lowest BCUT2D eigenvalue weighted by molar-refractivity contribution is 0.00537. The van der Waals surface area contributed by atoms with E-state index in [2.05, 4.69) is 34.9 Å². The van der Waals surface area contributed by atoms with Crippen LogP contribution in [-0.4, -0.2) is 113 Å². The number of alkyl halides is 1. The van der Waals surface area contributed by atoms with Crippen molar-refractivity contribution in [1.29, 1.82) is 0 Å². The molecule has 9 rings (SSSR count). The normalized spacial score (nSPS) is 26.1. The Bertz CT molecular complexity index is 2110. The second-order valence-corrected chi connectivity index (χ2v) is 16.5. The molecule has 5 atom stereocenters. The van der Waals surface area contributed by atoms with Gasteiger partial charge in [0.2, 0.25) is 5.88 Å². The quantitative estimate of drug-likeness (QED) is 0.180. The summed E-state index contributed by atoms with van der Waals surface area (Å²) in [6.07, 6.45) is 3.69. The highest BCUT2D eigenvalue weighted by Crippen LogP contribution is 2.46. The van der Waals surface area contributed by atoms with E-state index in [4.69, 9.17) is 38.6 Å². The zero-order chi connectivity index (χ0) is 37.4. The topological polar surface area (TPSA) is 112 Å². The lowest BCUT2D eigenvalue weighted by Gasteiger charge is -2.46. The Morgan fingerprint density at radius 1 is 1.06 bits per heavy atom. The Balaban J connectivity index is 1.17. The van der Waals surface area contributed by atoms with Gasteiger partial charge in [-0.05, 0) is 94.0 Å². The van der Waals surface area contributed by atoms with Crippen LogP contribution in [0.1, 0.15) is 65.4 Å². The third kappa shape index (κ3) is 6.03. The molecule has 4 saturated heterocycles. The number of amides is 1. The number of aromatic nitrogens is 3. The van der Waals surface area contributed by atoms with Crippen molar-refractivity contribution in [3.63, 3.8) is 0 Å². The predicted molar refractivity (Wildman–Crippen MR) is 202 cm³/mol. The van der Waals surface area contributed by atoms with E-state index < -0.39 is 11.8 Å². The average Bonchev–Trinajstić information content (AvgIpc) is 3.75. The Hall–Kier alpha value is -4.49. The summed E-state index contributed by atoms with van der Waals surface area (Å²) in [4.78, 5) is 35.4. The molecule has 286 valence electrons. The van der Waals surface area contributed by atoms with Gasteiger partial charge in [-0.15, -0.1) is 0 Å². The summed E-state index contributed by atoms with van der Waals surface area (Å²) >= 11 is 0. The highest BCUT2D eigenvalue weighted by Gasteiger charge is 2.52. The van der Waals surface area contributed by atoms with Crippen molar-refractivity contribution in [3.05, 3.63) is 42.0 Å². The zero-order valence-corrected chi connectivity index (χ0v) is 31.8.